The lowest BCUT2D eigenvalue weighted by Crippen LogP contribution is -2.37. The van der Waals surface area contributed by atoms with Gasteiger partial charge in [0.15, 0.2) is 0 Å². The van der Waals surface area contributed by atoms with E-state index in [0.29, 0.717) is 5.75 Å². The number of nitrogens with zero attached hydrogens (tertiary/aromatic N) is 3. The quantitative estimate of drug-likeness (QED) is 0.713. The van der Waals surface area contributed by atoms with E-state index in [0.717, 1.165) is 52.2 Å². The van der Waals surface area contributed by atoms with Gasteiger partial charge in [-0.15, -0.1) is 0 Å². The molecule has 3 aliphatic heterocycles. The number of hydrogen-bond acceptors (Lipinski definition) is 5. The largest absolute Gasteiger partial charge is 0.415 e. The van der Waals surface area contributed by atoms with E-state index < -0.39 is 0 Å². The summed E-state index contributed by atoms with van der Waals surface area (Å²) in [5, 5.41) is 0. The zero-order valence-electron chi connectivity index (χ0n) is 18.4. The smallest absolute Gasteiger partial charge is 0.410 e. The van der Waals surface area contributed by atoms with Crippen molar-refractivity contribution < 1.29 is 14.3 Å². The highest BCUT2D eigenvalue weighted by Crippen LogP contribution is 2.13. The third kappa shape index (κ3) is 10.6. The first kappa shape index (κ1) is 23.6. The molecule has 0 unspecified atom stereocenters. The third-order valence-corrected chi connectivity index (χ3v) is 5.38. The van der Waals surface area contributed by atoms with Gasteiger partial charge in [-0.25, -0.2) is 4.79 Å². The predicted octanol–water partition coefficient (Wildman–Crippen LogP) is 3.72. The van der Waals surface area contributed by atoms with Crippen LogP contribution in [0.3, 0.4) is 0 Å². The van der Waals surface area contributed by atoms with Gasteiger partial charge in [-0.05, 0) is 71.4 Å². The van der Waals surface area contributed by atoms with Gasteiger partial charge in [0.25, 0.3) is 0 Å². The molecular weight excluding hydrogens is 366 g/mol. The number of morpholine rings is 1. The fourth-order valence-electron chi connectivity index (χ4n) is 3.44. The third-order valence-electron chi connectivity index (χ3n) is 5.38. The van der Waals surface area contributed by atoms with Crippen LogP contribution >= 0.6 is 0 Å². The summed E-state index contributed by atoms with van der Waals surface area (Å²) in [6.07, 6.45) is 7.45. The van der Waals surface area contributed by atoms with Gasteiger partial charge in [0.05, 0.1) is 13.2 Å². The summed E-state index contributed by atoms with van der Waals surface area (Å²) in [7, 11) is 4.31. The zero-order valence-corrected chi connectivity index (χ0v) is 18.4. The number of para-hydroxylation sites is 1. The van der Waals surface area contributed by atoms with Crippen LogP contribution in [0.2, 0.25) is 0 Å². The molecule has 0 saturated carbocycles. The van der Waals surface area contributed by atoms with Crippen molar-refractivity contribution in [3.8, 4) is 5.75 Å². The Balaban J connectivity index is 0.000000178. The van der Waals surface area contributed by atoms with Crippen molar-refractivity contribution in [1.29, 1.82) is 0 Å². The molecule has 0 N–H and O–H groups in total. The van der Waals surface area contributed by atoms with Crippen LogP contribution in [-0.4, -0.2) is 87.4 Å². The normalized spacial score (nSPS) is 20.6. The number of carbonyl (C=O) groups excluding carboxylic acids is 1. The van der Waals surface area contributed by atoms with Gasteiger partial charge in [-0.2, -0.15) is 0 Å². The second-order valence-electron chi connectivity index (χ2n) is 8.01. The molecule has 6 heteroatoms. The van der Waals surface area contributed by atoms with Crippen molar-refractivity contribution in [3.63, 3.8) is 0 Å². The fraction of sp³-hybridized carbons (Fsp3) is 0.696. The van der Waals surface area contributed by atoms with Gasteiger partial charge in [-0.1, -0.05) is 24.6 Å². The highest BCUT2D eigenvalue weighted by atomic mass is 16.6. The van der Waals surface area contributed by atoms with Crippen molar-refractivity contribution in [1.82, 2.24) is 14.7 Å². The van der Waals surface area contributed by atoms with E-state index in [1.54, 1.807) is 17.0 Å². The summed E-state index contributed by atoms with van der Waals surface area (Å²) in [4.78, 5) is 18.1. The van der Waals surface area contributed by atoms with E-state index in [2.05, 4.69) is 23.9 Å². The Labute approximate surface area is 176 Å². The second kappa shape index (κ2) is 14.4. The van der Waals surface area contributed by atoms with Crippen LogP contribution in [-0.2, 0) is 4.74 Å². The van der Waals surface area contributed by atoms with Crippen LogP contribution in [0.25, 0.3) is 0 Å². The summed E-state index contributed by atoms with van der Waals surface area (Å²) >= 11 is 0. The first-order chi connectivity index (χ1) is 14.1. The summed E-state index contributed by atoms with van der Waals surface area (Å²) < 4.78 is 10.3. The molecule has 1 amide bonds. The number of ether oxygens (including phenoxy) is 2. The first-order valence-corrected chi connectivity index (χ1v) is 11.1. The Morgan fingerprint density at radius 2 is 1.28 bits per heavy atom. The summed E-state index contributed by atoms with van der Waals surface area (Å²) in [5.74, 6) is 0.619. The molecule has 0 radical (unpaired) electrons. The van der Waals surface area contributed by atoms with Crippen molar-refractivity contribution in [3.05, 3.63) is 30.3 Å². The number of likely N-dealkylation sites (tertiary alicyclic amines) is 2. The molecule has 4 rings (SSSR count). The Morgan fingerprint density at radius 3 is 1.72 bits per heavy atom. The Morgan fingerprint density at radius 1 is 0.759 bits per heavy atom. The van der Waals surface area contributed by atoms with Crippen molar-refractivity contribution in [2.45, 2.75) is 38.5 Å². The lowest BCUT2D eigenvalue weighted by Gasteiger charge is -2.25. The van der Waals surface area contributed by atoms with Crippen molar-refractivity contribution >= 4 is 6.09 Å². The molecule has 3 saturated heterocycles. The molecular formula is C23H39N3O3. The summed E-state index contributed by atoms with van der Waals surface area (Å²) in [6.45, 7) is 8.31. The molecule has 164 valence electrons. The molecule has 0 bridgehead atoms. The van der Waals surface area contributed by atoms with Crippen LogP contribution < -0.4 is 4.74 Å². The van der Waals surface area contributed by atoms with Crippen molar-refractivity contribution in [2.24, 2.45) is 0 Å². The molecule has 0 atom stereocenters. The van der Waals surface area contributed by atoms with E-state index in [4.69, 9.17) is 9.47 Å². The van der Waals surface area contributed by atoms with Crippen LogP contribution in [0.5, 0.6) is 5.75 Å². The molecule has 29 heavy (non-hydrogen) atoms. The predicted molar refractivity (Wildman–Crippen MR) is 118 cm³/mol. The lowest BCUT2D eigenvalue weighted by atomic mass is 10.1. The molecule has 0 aliphatic carbocycles. The molecule has 3 heterocycles. The molecule has 1 aromatic rings. The average Bonchev–Trinajstić information content (AvgIpc) is 2.77. The maximum absolute atomic E-state index is 11.7. The van der Waals surface area contributed by atoms with Crippen molar-refractivity contribution in [2.75, 3.05) is 66.6 Å². The maximum atomic E-state index is 11.7. The van der Waals surface area contributed by atoms with Gasteiger partial charge in [-0.3, -0.25) is 0 Å². The van der Waals surface area contributed by atoms with Gasteiger partial charge < -0.3 is 24.2 Å². The number of hydrogen-bond donors (Lipinski definition) is 0. The van der Waals surface area contributed by atoms with E-state index in [-0.39, 0.29) is 6.09 Å². The fourth-order valence-corrected chi connectivity index (χ4v) is 3.44. The minimum Gasteiger partial charge on any atom is -0.410 e. The van der Waals surface area contributed by atoms with Gasteiger partial charge in [0, 0.05) is 26.2 Å². The second-order valence-corrected chi connectivity index (χ2v) is 8.01. The van der Waals surface area contributed by atoms with E-state index in [1.807, 2.05) is 18.2 Å². The molecule has 1 aromatic carbocycles. The lowest BCUT2D eigenvalue weighted by molar-refractivity contribution is 0.0503. The van der Waals surface area contributed by atoms with E-state index in [9.17, 15) is 4.79 Å². The van der Waals surface area contributed by atoms with Gasteiger partial charge in [0.2, 0.25) is 0 Å². The van der Waals surface area contributed by atoms with Crippen LogP contribution in [0.1, 0.15) is 38.5 Å². The van der Waals surface area contributed by atoms with E-state index >= 15 is 0 Å². The maximum Gasteiger partial charge on any atom is 0.415 e. The molecule has 6 nitrogen and oxygen atoms in total. The Kier molecular flexibility index (Phi) is 11.7. The van der Waals surface area contributed by atoms with E-state index in [1.165, 1.54) is 38.8 Å². The minimum atomic E-state index is -0.221. The SMILES string of the molecule is CN1CCCCC1.CN1CCOCC1.O=C(Oc1ccccc1)N1CCCCC1. The monoisotopic (exact) mass is 405 g/mol. The van der Waals surface area contributed by atoms with Crippen LogP contribution in [0, 0.1) is 0 Å². The number of amides is 1. The number of carbonyl (C=O) groups is 1. The number of likely N-dealkylation sites (N-methyl/N-ethyl adjacent to an activating group) is 1. The highest BCUT2D eigenvalue weighted by Gasteiger charge is 2.17. The average molecular weight is 406 g/mol. The number of piperidine rings is 2. The minimum absolute atomic E-state index is 0.221. The topological polar surface area (TPSA) is 45.3 Å². The summed E-state index contributed by atoms with van der Waals surface area (Å²) in [5.41, 5.74) is 0. The summed E-state index contributed by atoms with van der Waals surface area (Å²) in [6, 6.07) is 9.21. The molecule has 0 spiro atoms. The number of benzene rings is 1. The highest BCUT2D eigenvalue weighted by molar-refractivity contribution is 5.70. The molecule has 3 fully saturated rings. The van der Waals surface area contributed by atoms with Crippen LogP contribution in [0.15, 0.2) is 30.3 Å². The standard InChI is InChI=1S/C12H15NO2.C6H13N.C5H11NO/c14-12(13-9-5-2-6-10-13)15-11-7-3-1-4-8-11;1-7-5-3-2-4-6-7;1-6-2-4-7-5-3-6/h1,3-4,7-8H,2,5-6,9-10H2;2-6H2,1H3;2-5H2,1H3. The van der Waals surface area contributed by atoms with Gasteiger partial charge >= 0.3 is 6.09 Å². The van der Waals surface area contributed by atoms with Crippen LogP contribution in [0.4, 0.5) is 4.79 Å². The first-order valence-electron chi connectivity index (χ1n) is 11.1. The molecule has 3 aliphatic rings. The molecule has 0 aromatic heterocycles. The Hall–Kier alpha value is -1.63. The van der Waals surface area contributed by atoms with Gasteiger partial charge in [0.1, 0.15) is 5.75 Å². The Bertz CT molecular complexity index is 522. The number of rotatable bonds is 1. The zero-order chi connectivity index (χ0) is 20.7.